The number of carboxylic acid groups (broad SMARTS) is 1. The lowest BCUT2D eigenvalue weighted by Gasteiger charge is -2.28. The van der Waals surface area contributed by atoms with Crippen molar-refractivity contribution in [3.05, 3.63) is 20.4 Å². The van der Waals surface area contributed by atoms with Gasteiger partial charge in [-0.15, -0.1) is 0 Å². The number of nitrogens with one attached hydrogen (secondary N) is 1. The Morgan fingerprint density at radius 3 is 2.21 bits per heavy atom. The molecule has 0 radical (unpaired) electrons. The number of hydrogen-bond acceptors (Lipinski definition) is 8. The van der Waals surface area contributed by atoms with Crippen molar-refractivity contribution in [1.82, 2.24) is 5.32 Å². The standard InChI is InChI=1S/C17H29N2O8P/c1-4-25-16-13(14(20)15(16)21)19(10-8-7-9-18-17(22)23)11-12-28(24,26-5-2)27-6-3/h18H,4-12H2,1-3H3,(H,22,23). The van der Waals surface area contributed by atoms with E-state index in [0.29, 0.717) is 19.4 Å². The number of anilines is 1. The fourth-order valence-electron chi connectivity index (χ4n) is 2.69. The molecule has 0 saturated heterocycles. The van der Waals surface area contributed by atoms with E-state index in [4.69, 9.17) is 18.9 Å². The van der Waals surface area contributed by atoms with Crippen LogP contribution >= 0.6 is 7.60 Å². The highest BCUT2D eigenvalue weighted by atomic mass is 31.2. The van der Waals surface area contributed by atoms with Crippen molar-refractivity contribution in [2.24, 2.45) is 0 Å². The highest BCUT2D eigenvalue weighted by Crippen LogP contribution is 2.47. The minimum absolute atomic E-state index is 0.0128. The third kappa shape index (κ3) is 6.92. The lowest BCUT2D eigenvalue weighted by molar-refractivity contribution is 0.194. The smallest absolute Gasteiger partial charge is 0.404 e. The summed E-state index contributed by atoms with van der Waals surface area (Å²) in [4.78, 5) is 36.0. The van der Waals surface area contributed by atoms with E-state index in [2.05, 4.69) is 5.32 Å². The minimum Gasteiger partial charge on any atom is -0.488 e. The van der Waals surface area contributed by atoms with Gasteiger partial charge in [0.25, 0.3) is 10.9 Å². The van der Waals surface area contributed by atoms with Gasteiger partial charge in [0, 0.05) is 19.6 Å². The largest absolute Gasteiger partial charge is 0.488 e. The number of nitrogens with zero attached hydrogens (tertiary/aromatic N) is 1. The van der Waals surface area contributed by atoms with E-state index >= 15 is 0 Å². The maximum atomic E-state index is 12.7. The lowest BCUT2D eigenvalue weighted by Crippen LogP contribution is -2.43. The molecule has 0 fully saturated rings. The van der Waals surface area contributed by atoms with E-state index in [1.165, 1.54) is 0 Å². The molecule has 0 aliphatic heterocycles. The normalized spacial score (nSPS) is 11.5. The minimum atomic E-state index is -3.32. The van der Waals surface area contributed by atoms with Crippen LogP contribution in [0.1, 0.15) is 33.6 Å². The van der Waals surface area contributed by atoms with Crippen LogP contribution in [-0.4, -0.2) is 56.8 Å². The molecule has 0 aliphatic carbocycles. The molecule has 0 heterocycles. The summed E-state index contributed by atoms with van der Waals surface area (Å²) in [5, 5.41) is 10.9. The van der Waals surface area contributed by atoms with Crippen LogP contribution in [0.5, 0.6) is 5.75 Å². The topological polar surface area (TPSA) is 131 Å². The SMILES string of the molecule is CCOc1c(N(CCCCNC(=O)O)CCP(=O)(OCC)OCC)c(=O)c1=O. The monoisotopic (exact) mass is 420 g/mol. The first-order valence-corrected chi connectivity index (χ1v) is 11.1. The third-order valence-electron chi connectivity index (χ3n) is 3.87. The summed E-state index contributed by atoms with van der Waals surface area (Å²) >= 11 is 0. The second-order valence-corrected chi connectivity index (χ2v) is 8.05. The molecule has 10 nitrogen and oxygen atoms in total. The molecule has 1 aromatic rings. The van der Waals surface area contributed by atoms with Crippen molar-refractivity contribution in [2.75, 3.05) is 50.5 Å². The van der Waals surface area contributed by atoms with Crippen molar-refractivity contribution < 1.29 is 28.3 Å². The zero-order valence-corrected chi connectivity index (χ0v) is 17.5. The van der Waals surface area contributed by atoms with Crippen LogP contribution in [0.25, 0.3) is 0 Å². The van der Waals surface area contributed by atoms with Crippen LogP contribution < -0.4 is 25.8 Å². The molecule has 0 bridgehead atoms. The maximum Gasteiger partial charge on any atom is 0.404 e. The molecule has 1 amide bonds. The molecule has 0 saturated carbocycles. The Balaban J connectivity index is 2.88. The number of unbranched alkanes of at least 4 members (excludes halogenated alkanes) is 1. The molecule has 1 aromatic carbocycles. The van der Waals surface area contributed by atoms with Gasteiger partial charge in [-0.25, -0.2) is 4.79 Å². The first kappa shape index (κ1) is 24.1. The van der Waals surface area contributed by atoms with Gasteiger partial charge >= 0.3 is 13.7 Å². The van der Waals surface area contributed by atoms with Crippen molar-refractivity contribution in [2.45, 2.75) is 33.6 Å². The number of ether oxygens (including phenoxy) is 1. The fourth-order valence-corrected chi connectivity index (χ4v) is 4.29. The highest BCUT2D eigenvalue weighted by molar-refractivity contribution is 7.53. The molecular formula is C17H29N2O8P. The average Bonchev–Trinajstić information content (AvgIpc) is 2.64. The maximum absolute atomic E-state index is 12.7. The molecule has 0 unspecified atom stereocenters. The summed E-state index contributed by atoms with van der Waals surface area (Å²) in [6, 6.07) is 0. The molecule has 2 N–H and O–H groups in total. The van der Waals surface area contributed by atoms with Gasteiger partial charge in [0.1, 0.15) is 5.69 Å². The van der Waals surface area contributed by atoms with Crippen LogP contribution in [0.15, 0.2) is 9.59 Å². The van der Waals surface area contributed by atoms with Crippen LogP contribution in [0.4, 0.5) is 10.5 Å². The molecule has 11 heteroatoms. The van der Waals surface area contributed by atoms with Crippen LogP contribution in [0.2, 0.25) is 0 Å². The Morgan fingerprint density at radius 2 is 1.68 bits per heavy atom. The predicted octanol–water partition coefficient (Wildman–Crippen LogP) is 1.80. The summed E-state index contributed by atoms with van der Waals surface area (Å²) < 4.78 is 28.5. The summed E-state index contributed by atoms with van der Waals surface area (Å²) in [5.41, 5.74) is -1.15. The average molecular weight is 420 g/mol. The van der Waals surface area contributed by atoms with Gasteiger partial charge in [-0.3, -0.25) is 14.2 Å². The number of carbonyl (C=O) groups is 1. The van der Waals surface area contributed by atoms with Crippen molar-refractivity contribution >= 4 is 19.4 Å². The highest BCUT2D eigenvalue weighted by Gasteiger charge is 2.30. The van der Waals surface area contributed by atoms with Crippen molar-refractivity contribution in [1.29, 1.82) is 0 Å². The number of hydrogen-bond donors (Lipinski definition) is 2. The van der Waals surface area contributed by atoms with Gasteiger partial charge < -0.3 is 29.1 Å². The van der Waals surface area contributed by atoms with Crippen LogP contribution in [0.3, 0.4) is 0 Å². The van der Waals surface area contributed by atoms with Gasteiger partial charge in [-0.2, -0.15) is 0 Å². The Hall–Kier alpha value is -1.90. The van der Waals surface area contributed by atoms with Gasteiger partial charge in [0.05, 0.1) is 26.0 Å². The molecule has 28 heavy (non-hydrogen) atoms. The number of rotatable bonds is 15. The summed E-state index contributed by atoms with van der Waals surface area (Å²) in [6.45, 7) is 6.63. The molecule has 0 aliphatic rings. The molecule has 0 atom stereocenters. The van der Waals surface area contributed by atoms with Gasteiger partial charge in [0.2, 0.25) is 0 Å². The molecule has 160 valence electrons. The van der Waals surface area contributed by atoms with E-state index in [1.807, 2.05) is 0 Å². The van der Waals surface area contributed by atoms with E-state index in [1.54, 1.807) is 25.7 Å². The second-order valence-electron chi connectivity index (χ2n) is 5.87. The number of amides is 1. The van der Waals surface area contributed by atoms with Crippen molar-refractivity contribution in [3.63, 3.8) is 0 Å². The van der Waals surface area contributed by atoms with E-state index in [-0.39, 0.29) is 50.5 Å². The zero-order chi connectivity index (χ0) is 21.2. The Labute approximate surface area is 164 Å². The Bertz CT molecular complexity index is 734. The first-order chi connectivity index (χ1) is 13.3. The quantitative estimate of drug-likeness (QED) is 0.248. The molecule has 0 aromatic heterocycles. The van der Waals surface area contributed by atoms with Crippen LogP contribution in [-0.2, 0) is 13.6 Å². The van der Waals surface area contributed by atoms with Gasteiger partial charge in [-0.05, 0) is 33.6 Å². The van der Waals surface area contributed by atoms with Crippen molar-refractivity contribution in [3.8, 4) is 5.75 Å². The zero-order valence-electron chi connectivity index (χ0n) is 16.6. The fraction of sp³-hybridized carbons (Fsp3) is 0.706. The Morgan fingerprint density at radius 1 is 1.04 bits per heavy atom. The molecular weight excluding hydrogens is 391 g/mol. The van der Waals surface area contributed by atoms with E-state index in [0.717, 1.165) is 0 Å². The second kappa shape index (κ2) is 11.8. The van der Waals surface area contributed by atoms with E-state index < -0.39 is 24.5 Å². The first-order valence-electron chi connectivity index (χ1n) is 9.35. The van der Waals surface area contributed by atoms with Gasteiger partial charge in [0.15, 0.2) is 5.75 Å². The summed E-state index contributed by atoms with van der Waals surface area (Å²) in [5.74, 6) is 0.0128. The third-order valence-corrected chi connectivity index (χ3v) is 5.92. The molecule has 1 rings (SSSR count). The predicted molar refractivity (Wildman–Crippen MR) is 106 cm³/mol. The van der Waals surface area contributed by atoms with E-state index in [9.17, 15) is 18.9 Å². The lowest BCUT2D eigenvalue weighted by atomic mass is 10.1. The molecule has 0 spiro atoms. The van der Waals surface area contributed by atoms with Gasteiger partial charge in [-0.1, -0.05) is 0 Å². The Kier molecular flexibility index (Phi) is 10.2. The summed E-state index contributed by atoms with van der Waals surface area (Å²) in [7, 11) is -3.32. The summed E-state index contributed by atoms with van der Waals surface area (Å²) in [6.07, 6.45) is 0.0360. The van der Waals surface area contributed by atoms with Crippen LogP contribution in [0, 0.1) is 0 Å².